The number of hydrogen-bond acceptors (Lipinski definition) is 5. The van der Waals surface area contributed by atoms with Gasteiger partial charge in [0.1, 0.15) is 0 Å². The summed E-state index contributed by atoms with van der Waals surface area (Å²) >= 11 is 0. The molecule has 0 unspecified atom stereocenters. The molecule has 18 heavy (non-hydrogen) atoms. The van der Waals surface area contributed by atoms with E-state index >= 15 is 0 Å². The van der Waals surface area contributed by atoms with Gasteiger partial charge in [0, 0.05) is 11.6 Å². The third kappa shape index (κ3) is 2.39. The van der Waals surface area contributed by atoms with Crippen molar-refractivity contribution in [3.8, 4) is 5.75 Å². The molecule has 0 heterocycles. The molecule has 98 valence electrons. The highest BCUT2D eigenvalue weighted by Crippen LogP contribution is 2.41. The van der Waals surface area contributed by atoms with Crippen LogP contribution in [-0.4, -0.2) is 15.0 Å². The lowest BCUT2D eigenvalue weighted by Crippen LogP contribution is -2.16. The molecule has 0 amide bonds. The average Bonchev–Trinajstić information content (AvgIpc) is 2.28. The Labute approximate surface area is 103 Å². The van der Waals surface area contributed by atoms with Crippen molar-refractivity contribution >= 4 is 11.4 Å². The van der Waals surface area contributed by atoms with E-state index in [4.69, 9.17) is 0 Å². The summed E-state index contributed by atoms with van der Waals surface area (Å²) in [5.41, 5.74) is -1.40. The number of nitrogens with zero attached hydrogens (tertiary/aromatic N) is 2. The highest BCUT2D eigenvalue weighted by Gasteiger charge is 2.31. The predicted octanol–water partition coefficient (Wildman–Crippen LogP) is 2.90. The van der Waals surface area contributed by atoms with Gasteiger partial charge in [-0.1, -0.05) is 20.8 Å². The number of nitro groups is 2. The monoisotopic (exact) mass is 254 g/mol. The first-order valence-corrected chi connectivity index (χ1v) is 5.37. The summed E-state index contributed by atoms with van der Waals surface area (Å²) in [7, 11) is 0. The van der Waals surface area contributed by atoms with Gasteiger partial charge in [-0.15, -0.1) is 0 Å². The second-order valence-corrected chi connectivity index (χ2v) is 4.61. The van der Waals surface area contributed by atoms with Crippen molar-refractivity contribution in [2.75, 3.05) is 0 Å². The van der Waals surface area contributed by atoms with Gasteiger partial charge < -0.3 is 5.11 Å². The van der Waals surface area contributed by atoms with Crippen molar-refractivity contribution in [1.29, 1.82) is 0 Å². The van der Waals surface area contributed by atoms with E-state index < -0.39 is 32.4 Å². The van der Waals surface area contributed by atoms with E-state index in [1.807, 2.05) is 6.92 Å². The van der Waals surface area contributed by atoms with Crippen LogP contribution in [0.3, 0.4) is 0 Å². The number of aromatic hydroxyl groups is 1. The largest absolute Gasteiger partial charge is 0.502 e. The van der Waals surface area contributed by atoms with Crippen LogP contribution in [-0.2, 0) is 5.41 Å². The van der Waals surface area contributed by atoms with Crippen molar-refractivity contribution < 1.29 is 15.0 Å². The smallest absolute Gasteiger partial charge is 0.317 e. The van der Waals surface area contributed by atoms with Crippen LogP contribution in [0.25, 0.3) is 0 Å². The van der Waals surface area contributed by atoms with Gasteiger partial charge in [-0.05, 0) is 11.8 Å². The zero-order valence-corrected chi connectivity index (χ0v) is 10.3. The van der Waals surface area contributed by atoms with Gasteiger partial charge in [0.25, 0.3) is 5.69 Å². The summed E-state index contributed by atoms with van der Waals surface area (Å²) in [6, 6.07) is 1.95. The first-order chi connectivity index (χ1) is 8.20. The summed E-state index contributed by atoms with van der Waals surface area (Å²) < 4.78 is 0. The van der Waals surface area contributed by atoms with Gasteiger partial charge in [-0.3, -0.25) is 20.2 Å². The Morgan fingerprint density at radius 1 is 1.22 bits per heavy atom. The summed E-state index contributed by atoms with van der Waals surface area (Å²) in [6.07, 6.45) is 0.582. The highest BCUT2D eigenvalue weighted by atomic mass is 16.6. The van der Waals surface area contributed by atoms with E-state index in [2.05, 4.69) is 0 Å². The van der Waals surface area contributed by atoms with Crippen molar-refractivity contribution in [1.82, 2.24) is 0 Å². The van der Waals surface area contributed by atoms with Crippen LogP contribution in [0.2, 0.25) is 0 Å². The predicted molar refractivity (Wildman–Crippen MR) is 64.7 cm³/mol. The summed E-state index contributed by atoms with van der Waals surface area (Å²) in [5.74, 6) is -0.502. The van der Waals surface area contributed by atoms with Crippen molar-refractivity contribution in [3.05, 3.63) is 37.9 Å². The Morgan fingerprint density at radius 2 is 1.78 bits per heavy atom. The Balaban J connectivity index is 3.60. The van der Waals surface area contributed by atoms with Crippen molar-refractivity contribution in [3.63, 3.8) is 0 Å². The van der Waals surface area contributed by atoms with Crippen LogP contribution in [0.15, 0.2) is 12.1 Å². The number of hydrogen-bond donors (Lipinski definition) is 1. The molecular weight excluding hydrogens is 240 g/mol. The van der Waals surface area contributed by atoms with Crippen LogP contribution < -0.4 is 0 Å². The van der Waals surface area contributed by atoms with Crippen LogP contribution >= 0.6 is 0 Å². The van der Waals surface area contributed by atoms with Gasteiger partial charge in [0.15, 0.2) is 5.75 Å². The van der Waals surface area contributed by atoms with E-state index in [-0.39, 0.29) is 5.56 Å². The minimum atomic E-state index is -0.822. The molecule has 0 bridgehead atoms. The maximum atomic E-state index is 10.8. The normalized spacial score (nSPS) is 11.3. The van der Waals surface area contributed by atoms with Gasteiger partial charge >= 0.3 is 5.69 Å². The standard InChI is InChI=1S/C11H14N2O5/c1-4-11(2,3)8-5-7(12(15)16)6-9(10(8)14)13(17)18/h5-6,14H,4H2,1-3H3. The van der Waals surface area contributed by atoms with Gasteiger partial charge in [0.05, 0.1) is 15.9 Å². The third-order valence-electron chi connectivity index (χ3n) is 3.10. The molecule has 0 aromatic heterocycles. The highest BCUT2D eigenvalue weighted by molar-refractivity contribution is 5.59. The number of phenolic OH excluding ortho intramolecular Hbond substituents is 1. The fourth-order valence-corrected chi connectivity index (χ4v) is 1.56. The molecule has 0 saturated carbocycles. The molecule has 0 spiro atoms. The van der Waals surface area contributed by atoms with E-state index in [9.17, 15) is 25.3 Å². The van der Waals surface area contributed by atoms with Crippen molar-refractivity contribution in [2.45, 2.75) is 32.6 Å². The topological polar surface area (TPSA) is 107 Å². The number of phenols is 1. The fourth-order valence-electron chi connectivity index (χ4n) is 1.56. The Morgan fingerprint density at radius 3 is 2.17 bits per heavy atom. The maximum Gasteiger partial charge on any atom is 0.317 e. The molecule has 7 heteroatoms. The van der Waals surface area contributed by atoms with Gasteiger partial charge in [-0.2, -0.15) is 0 Å². The maximum absolute atomic E-state index is 10.8. The van der Waals surface area contributed by atoms with Crippen LogP contribution in [0, 0.1) is 20.2 Å². The number of rotatable bonds is 4. The first-order valence-electron chi connectivity index (χ1n) is 5.37. The van der Waals surface area contributed by atoms with Gasteiger partial charge in [0.2, 0.25) is 0 Å². The van der Waals surface area contributed by atoms with Gasteiger partial charge in [-0.25, -0.2) is 0 Å². The zero-order chi connectivity index (χ0) is 14.1. The zero-order valence-electron chi connectivity index (χ0n) is 10.3. The quantitative estimate of drug-likeness (QED) is 0.656. The summed E-state index contributed by atoms with van der Waals surface area (Å²) in [6.45, 7) is 5.36. The molecular formula is C11H14N2O5. The molecule has 7 nitrogen and oxygen atoms in total. The molecule has 0 aliphatic carbocycles. The van der Waals surface area contributed by atoms with E-state index in [1.54, 1.807) is 13.8 Å². The van der Waals surface area contributed by atoms with Crippen LogP contribution in [0.5, 0.6) is 5.75 Å². The minimum absolute atomic E-state index is 0.214. The third-order valence-corrected chi connectivity index (χ3v) is 3.10. The molecule has 1 rings (SSSR count). The molecule has 1 aromatic carbocycles. The molecule has 1 aromatic rings. The Hall–Kier alpha value is -2.18. The second-order valence-electron chi connectivity index (χ2n) is 4.61. The molecule has 0 saturated heterocycles. The molecule has 0 radical (unpaired) electrons. The molecule has 0 atom stereocenters. The summed E-state index contributed by atoms with van der Waals surface area (Å²) in [4.78, 5) is 20.0. The fraction of sp³-hybridized carbons (Fsp3) is 0.455. The Bertz CT molecular complexity index is 510. The van der Waals surface area contributed by atoms with Crippen molar-refractivity contribution in [2.24, 2.45) is 0 Å². The lowest BCUT2D eigenvalue weighted by atomic mass is 9.81. The molecule has 0 fully saturated rings. The SMILES string of the molecule is CCC(C)(C)c1cc([N+](=O)[O-])cc([N+](=O)[O-])c1O. The van der Waals surface area contributed by atoms with Crippen LogP contribution in [0.1, 0.15) is 32.8 Å². The first kappa shape index (κ1) is 13.9. The van der Waals surface area contributed by atoms with E-state index in [0.717, 1.165) is 6.07 Å². The van der Waals surface area contributed by atoms with E-state index in [1.165, 1.54) is 6.07 Å². The molecule has 1 N–H and O–H groups in total. The van der Waals surface area contributed by atoms with E-state index in [0.29, 0.717) is 6.42 Å². The number of nitro benzene ring substituents is 2. The average molecular weight is 254 g/mol. The Kier molecular flexibility index (Phi) is 3.54. The number of non-ortho nitro benzene ring substituents is 1. The molecule has 0 aliphatic rings. The summed E-state index contributed by atoms with van der Waals surface area (Å²) in [5, 5.41) is 31.4. The lowest BCUT2D eigenvalue weighted by Gasteiger charge is -2.23. The molecule has 0 aliphatic heterocycles. The number of benzene rings is 1. The minimum Gasteiger partial charge on any atom is -0.502 e. The lowest BCUT2D eigenvalue weighted by molar-refractivity contribution is -0.394. The van der Waals surface area contributed by atoms with Crippen LogP contribution in [0.4, 0.5) is 11.4 Å². The second kappa shape index (κ2) is 4.59.